The molecule has 0 aromatic heterocycles. The second-order valence-corrected chi connectivity index (χ2v) is 4.09. The molecule has 0 bridgehead atoms. The number of ether oxygens (including phenoxy) is 1. The molecule has 2 rings (SSSR count). The fourth-order valence-electron chi connectivity index (χ4n) is 2.01. The normalized spacial score (nSPS) is 16.6. The lowest BCUT2D eigenvalue weighted by Gasteiger charge is -2.24. The molecular weight excluding hydrogens is 218 g/mol. The number of nitrogen functional groups attached to an aromatic ring is 1. The Morgan fingerprint density at radius 2 is 2.12 bits per heavy atom. The first kappa shape index (κ1) is 11.7. The highest BCUT2D eigenvalue weighted by Gasteiger charge is 2.16. The average molecular weight is 235 g/mol. The quantitative estimate of drug-likeness (QED) is 0.735. The zero-order valence-corrected chi connectivity index (χ0v) is 9.69. The summed E-state index contributed by atoms with van der Waals surface area (Å²) in [6.45, 7) is 3.02. The summed E-state index contributed by atoms with van der Waals surface area (Å²) in [5, 5.41) is 0. The summed E-state index contributed by atoms with van der Waals surface area (Å²) in [7, 11) is 0. The topological polar surface area (TPSA) is 81.6 Å². The Hall–Kier alpha value is -1.75. The van der Waals surface area contributed by atoms with Crippen molar-refractivity contribution in [3.8, 4) is 0 Å². The van der Waals surface area contributed by atoms with Crippen LogP contribution in [0.4, 0.5) is 11.4 Å². The van der Waals surface area contributed by atoms with Crippen LogP contribution in [0.2, 0.25) is 0 Å². The number of anilines is 2. The van der Waals surface area contributed by atoms with Crippen molar-refractivity contribution >= 4 is 17.3 Å². The number of nitrogens with two attached hydrogens (primary N) is 2. The fraction of sp³-hybridized carbons (Fsp3) is 0.417. The van der Waals surface area contributed by atoms with E-state index in [4.69, 9.17) is 16.2 Å². The van der Waals surface area contributed by atoms with Crippen LogP contribution in [0.25, 0.3) is 0 Å². The number of carbonyl (C=O) groups is 1. The van der Waals surface area contributed by atoms with Gasteiger partial charge in [0, 0.05) is 25.4 Å². The summed E-state index contributed by atoms with van der Waals surface area (Å²) in [4.78, 5) is 13.5. The molecule has 5 nitrogen and oxygen atoms in total. The highest BCUT2D eigenvalue weighted by Crippen LogP contribution is 2.24. The molecule has 1 aliphatic heterocycles. The summed E-state index contributed by atoms with van der Waals surface area (Å²) >= 11 is 0. The zero-order chi connectivity index (χ0) is 12.3. The molecular formula is C12H17N3O2. The lowest BCUT2D eigenvalue weighted by Crippen LogP contribution is -2.28. The summed E-state index contributed by atoms with van der Waals surface area (Å²) in [6, 6.07) is 5.17. The number of hydrogen-bond acceptors (Lipinski definition) is 4. The maximum absolute atomic E-state index is 11.4. The Morgan fingerprint density at radius 1 is 1.29 bits per heavy atom. The predicted octanol–water partition coefficient (Wildman–Crippen LogP) is 0.594. The van der Waals surface area contributed by atoms with Crippen LogP contribution in [0.15, 0.2) is 18.2 Å². The van der Waals surface area contributed by atoms with Crippen molar-refractivity contribution in [3.63, 3.8) is 0 Å². The van der Waals surface area contributed by atoms with E-state index in [0.717, 1.165) is 31.8 Å². The summed E-state index contributed by atoms with van der Waals surface area (Å²) < 4.78 is 5.39. The van der Waals surface area contributed by atoms with E-state index >= 15 is 0 Å². The van der Waals surface area contributed by atoms with Gasteiger partial charge in [0.05, 0.1) is 17.9 Å². The molecule has 4 N–H and O–H groups in total. The number of benzene rings is 1. The molecule has 0 radical (unpaired) electrons. The van der Waals surface area contributed by atoms with E-state index in [9.17, 15) is 4.79 Å². The van der Waals surface area contributed by atoms with Crippen molar-refractivity contribution in [1.82, 2.24) is 0 Å². The third-order valence-electron chi connectivity index (χ3n) is 2.85. The Morgan fingerprint density at radius 3 is 2.88 bits per heavy atom. The predicted molar refractivity (Wildman–Crippen MR) is 67.0 cm³/mol. The number of nitrogens with zero attached hydrogens (tertiary/aromatic N) is 1. The molecule has 0 unspecified atom stereocenters. The number of amides is 1. The molecule has 0 aliphatic carbocycles. The van der Waals surface area contributed by atoms with Crippen molar-refractivity contribution in [2.24, 2.45) is 5.73 Å². The van der Waals surface area contributed by atoms with Gasteiger partial charge in [0.1, 0.15) is 0 Å². The van der Waals surface area contributed by atoms with E-state index in [2.05, 4.69) is 4.90 Å². The maximum Gasteiger partial charge on any atom is 0.250 e. The smallest absolute Gasteiger partial charge is 0.250 e. The minimum absolute atomic E-state index is 0.426. The summed E-state index contributed by atoms with van der Waals surface area (Å²) in [5.74, 6) is -0.426. The molecule has 92 valence electrons. The first-order chi connectivity index (χ1) is 8.18. The molecule has 1 aromatic carbocycles. The van der Waals surface area contributed by atoms with Crippen LogP contribution in [0, 0.1) is 0 Å². The molecule has 5 heteroatoms. The second kappa shape index (κ2) is 5.05. The Labute approximate surface area is 100 Å². The Balaban J connectivity index is 2.34. The highest BCUT2D eigenvalue weighted by molar-refractivity contribution is 5.99. The van der Waals surface area contributed by atoms with Gasteiger partial charge in [-0.2, -0.15) is 0 Å². The Kier molecular flexibility index (Phi) is 3.49. The molecule has 0 spiro atoms. The fourth-order valence-corrected chi connectivity index (χ4v) is 2.01. The molecule has 1 aliphatic rings. The van der Waals surface area contributed by atoms with Gasteiger partial charge in [-0.05, 0) is 24.6 Å². The monoisotopic (exact) mass is 235 g/mol. The molecule has 17 heavy (non-hydrogen) atoms. The van der Waals surface area contributed by atoms with Gasteiger partial charge in [0.15, 0.2) is 0 Å². The lowest BCUT2D eigenvalue weighted by molar-refractivity contribution is 0.100. The van der Waals surface area contributed by atoms with Gasteiger partial charge in [-0.25, -0.2) is 0 Å². The van der Waals surface area contributed by atoms with Crippen molar-refractivity contribution < 1.29 is 9.53 Å². The second-order valence-electron chi connectivity index (χ2n) is 4.09. The van der Waals surface area contributed by atoms with Gasteiger partial charge in [-0.1, -0.05) is 0 Å². The number of hydrogen-bond donors (Lipinski definition) is 2. The number of carbonyl (C=O) groups excluding carboxylic acids is 1. The molecule has 1 aromatic rings. The van der Waals surface area contributed by atoms with Gasteiger partial charge in [-0.15, -0.1) is 0 Å². The van der Waals surface area contributed by atoms with Gasteiger partial charge in [0.25, 0.3) is 5.91 Å². The van der Waals surface area contributed by atoms with E-state index in [-0.39, 0.29) is 0 Å². The first-order valence-corrected chi connectivity index (χ1v) is 5.70. The summed E-state index contributed by atoms with van der Waals surface area (Å²) in [6.07, 6.45) is 0.938. The van der Waals surface area contributed by atoms with E-state index in [0.29, 0.717) is 17.9 Å². The van der Waals surface area contributed by atoms with E-state index in [1.807, 2.05) is 0 Å². The molecule has 1 fully saturated rings. The van der Waals surface area contributed by atoms with E-state index in [1.165, 1.54) is 0 Å². The Bertz CT molecular complexity index is 412. The van der Waals surface area contributed by atoms with Gasteiger partial charge < -0.3 is 21.1 Å². The van der Waals surface area contributed by atoms with Crippen LogP contribution >= 0.6 is 0 Å². The maximum atomic E-state index is 11.4. The third-order valence-corrected chi connectivity index (χ3v) is 2.85. The zero-order valence-electron chi connectivity index (χ0n) is 9.69. The molecule has 0 saturated carbocycles. The average Bonchev–Trinajstić information content (AvgIpc) is 2.56. The SMILES string of the molecule is NC(=O)c1ccc(N)cc1N1CCCOCC1. The van der Waals surface area contributed by atoms with Crippen LogP contribution in [-0.2, 0) is 4.74 Å². The van der Waals surface area contributed by atoms with Crippen LogP contribution in [0.1, 0.15) is 16.8 Å². The van der Waals surface area contributed by atoms with Gasteiger partial charge in [0.2, 0.25) is 0 Å². The van der Waals surface area contributed by atoms with Crippen LogP contribution in [0.5, 0.6) is 0 Å². The van der Waals surface area contributed by atoms with E-state index < -0.39 is 5.91 Å². The molecule has 1 saturated heterocycles. The number of primary amides is 1. The van der Waals surface area contributed by atoms with E-state index in [1.54, 1.807) is 18.2 Å². The minimum Gasteiger partial charge on any atom is -0.399 e. The van der Waals surface area contributed by atoms with Crippen LogP contribution in [-0.4, -0.2) is 32.2 Å². The van der Waals surface area contributed by atoms with Crippen molar-refractivity contribution in [1.29, 1.82) is 0 Å². The highest BCUT2D eigenvalue weighted by atomic mass is 16.5. The lowest BCUT2D eigenvalue weighted by atomic mass is 10.1. The van der Waals surface area contributed by atoms with Gasteiger partial charge >= 0.3 is 0 Å². The first-order valence-electron chi connectivity index (χ1n) is 5.70. The number of rotatable bonds is 2. The minimum atomic E-state index is -0.426. The third kappa shape index (κ3) is 2.68. The summed E-state index contributed by atoms with van der Waals surface area (Å²) in [5.41, 5.74) is 13.1. The molecule has 1 heterocycles. The molecule has 1 amide bonds. The molecule has 0 atom stereocenters. The standard InChI is InChI=1S/C12H17N3O2/c13-9-2-3-10(12(14)16)11(8-9)15-4-1-6-17-7-5-15/h2-3,8H,1,4-7,13H2,(H2,14,16). The largest absolute Gasteiger partial charge is 0.399 e. The van der Waals surface area contributed by atoms with Crippen LogP contribution in [0.3, 0.4) is 0 Å². The van der Waals surface area contributed by atoms with Gasteiger partial charge in [-0.3, -0.25) is 4.79 Å². The van der Waals surface area contributed by atoms with Crippen molar-refractivity contribution in [2.75, 3.05) is 36.9 Å². The van der Waals surface area contributed by atoms with Crippen molar-refractivity contribution in [3.05, 3.63) is 23.8 Å². The van der Waals surface area contributed by atoms with Crippen molar-refractivity contribution in [2.45, 2.75) is 6.42 Å². The van der Waals surface area contributed by atoms with Crippen LogP contribution < -0.4 is 16.4 Å².